The molecule has 118 valence electrons. The van der Waals surface area contributed by atoms with Crippen LogP contribution in [0.4, 0.5) is 11.4 Å². The average molecular weight is 309 g/mol. The first-order valence-electron chi connectivity index (χ1n) is 7.24. The molecule has 1 aromatic rings. The quantitative estimate of drug-likeness (QED) is 0.760. The van der Waals surface area contributed by atoms with Gasteiger partial charge in [-0.05, 0) is 63.9 Å². The number of carbonyl (C=O) groups is 1. The number of aryl methyl sites for hydroxylation is 1. The Kier molecular flexibility index (Phi) is 7.05. The maximum Gasteiger partial charge on any atom is 0.241 e. The molecule has 0 aliphatic heterocycles. The summed E-state index contributed by atoms with van der Waals surface area (Å²) in [6, 6.07) is 5.76. The zero-order chi connectivity index (χ0) is 16.0. The fraction of sp³-hybridized carbons (Fsp3) is 0.562. The number of anilines is 2. The van der Waals surface area contributed by atoms with E-state index < -0.39 is 0 Å². The van der Waals surface area contributed by atoms with E-state index >= 15 is 0 Å². The summed E-state index contributed by atoms with van der Waals surface area (Å²) in [6.45, 7) is 6.06. The molecule has 0 bridgehead atoms. The summed E-state index contributed by atoms with van der Waals surface area (Å²) < 4.78 is 0. The van der Waals surface area contributed by atoms with Crippen molar-refractivity contribution in [3.63, 3.8) is 0 Å². The van der Waals surface area contributed by atoms with Crippen LogP contribution in [0, 0.1) is 6.92 Å². The highest BCUT2D eigenvalue weighted by atomic mass is 32.2. The van der Waals surface area contributed by atoms with Crippen molar-refractivity contribution in [1.82, 2.24) is 4.90 Å². The lowest BCUT2D eigenvalue weighted by Crippen LogP contribution is -2.44. The minimum absolute atomic E-state index is 0.00204. The summed E-state index contributed by atoms with van der Waals surface area (Å²) in [5.74, 6) is 1.11. The van der Waals surface area contributed by atoms with Crippen molar-refractivity contribution in [3.8, 4) is 0 Å². The second-order valence-electron chi connectivity index (χ2n) is 5.54. The van der Waals surface area contributed by atoms with Gasteiger partial charge in [-0.1, -0.05) is 6.07 Å². The Morgan fingerprint density at radius 2 is 2.10 bits per heavy atom. The van der Waals surface area contributed by atoms with Gasteiger partial charge in [0.15, 0.2) is 0 Å². The van der Waals surface area contributed by atoms with E-state index in [2.05, 4.69) is 23.4 Å². The van der Waals surface area contributed by atoms with Gasteiger partial charge in [0.05, 0.1) is 6.04 Å². The molecule has 1 amide bonds. The van der Waals surface area contributed by atoms with Gasteiger partial charge < -0.3 is 11.1 Å². The molecular weight excluding hydrogens is 282 g/mol. The molecule has 3 N–H and O–H groups in total. The van der Waals surface area contributed by atoms with Crippen LogP contribution in [0.5, 0.6) is 0 Å². The van der Waals surface area contributed by atoms with E-state index in [1.165, 1.54) is 0 Å². The number of carbonyl (C=O) groups excluding carboxylic acids is 1. The van der Waals surface area contributed by atoms with Gasteiger partial charge in [-0.15, -0.1) is 0 Å². The van der Waals surface area contributed by atoms with E-state index in [0.29, 0.717) is 11.7 Å². The maximum absolute atomic E-state index is 12.4. The largest absolute Gasteiger partial charge is 0.399 e. The van der Waals surface area contributed by atoms with Gasteiger partial charge in [0, 0.05) is 17.4 Å². The molecule has 0 aliphatic carbocycles. The van der Waals surface area contributed by atoms with Gasteiger partial charge in [-0.3, -0.25) is 9.69 Å². The Labute approximate surface area is 132 Å². The second kappa shape index (κ2) is 8.29. The Bertz CT molecular complexity index is 479. The van der Waals surface area contributed by atoms with Crippen LogP contribution < -0.4 is 11.1 Å². The van der Waals surface area contributed by atoms with Gasteiger partial charge in [-0.25, -0.2) is 0 Å². The van der Waals surface area contributed by atoms with E-state index in [4.69, 9.17) is 5.73 Å². The topological polar surface area (TPSA) is 58.4 Å². The number of hydrogen-bond donors (Lipinski definition) is 2. The molecule has 0 aliphatic rings. The summed E-state index contributed by atoms with van der Waals surface area (Å²) in [6.07, 6.45) is 3.18. The first-order chi connectivity index (χ1) is 9.86. The van der Waals surface area contributed by atoms with E-state index in [9.17, 15) is 4.79 Å². The fourth-order valence-electron chi connectivity index (χ4n) is 2.07. The molecule has 2 unspecified atom stereocenters. The SMILES string of the molecule is CSCCC(C)N(C)C(C)C(=O)Nc1cc(N)ccc1C. The molecule has 0 spiro atoms. The molecule has 0 radical (unpaired) electrons. The Balaban J connectivity index is 2.67. The number of nitrogens with one attached hydrogen (secondary N) is 1. The van der Waals surface area contributed by atoms with Crippen LogP contribution in [0.3, 0.4) is 0 Å². The minimum Gasteiger partial charge on any atom is -0.399 e. The van der Waals surface area contributed by atoms with Crippen molar-refractivity contribution in [2.75, 3.05) is 30.1 Å². The van der Waals surface area contributed by atoms with Crippen LogP contribution in [0.25, 0.3) is 0 Å². The van der Waals surface area contributed by atoms with Gasteiger partial charge >= 0.3 is 0 Å². The summed E-state index contributed by atoms with van der Waals surface area (Å²) in [5, 5.41) is 2.98. The van der Waals surface area contributed by atoms with Crippen molar-refractivity contribution < 1.29 is 4.79 Å². The highest BCUT2D eigenvalue weighted by Gasteiger charge is 2.22. The Hall–Kier alpha value is -1.20. The number of nitrogen functional groups attached to an aromatic ring is 1. The van der Waals surface area contributed by atoms with Crippen molar-refractivity contribution >= 4 is 29.0 Å². The Morgan fingerprint density at radius 1 is 1.43 bits per heavy atom. The zero-order valence-electron chi connectivity index (χ0n) is 13.6. The molecule has 2 atom stereocenters. The van der Waals surface area contributed by atoms with E-state index in [-0.39, 0.29) is 11.9 Å². The predicted octanol–water partition coefficient (Wildman–Crippen LogP) is 2.98. The number of thioether (sulfide) groups is 1. The summed E-state index contributed by atoms with van der Waals surface area (Å²) in [5.41, 5.74) is 8.24. The first kappa shape index (κ1) is 17.9. The molecule has 1 aromatic carbocycles. The zero-order valence-corrected chi connectivity index (χ0v) is 14.5. The van der Waals surface area contributed by atoms with Crippen LogP contribution in [-0.2, 0) is 4.79 Å². The third-order valence-corrected chi connectivity index (χ3v) is 4.59. The molecular formula is C16H27N3OS. The number of likely N-dealkylation sites (N-methyl/N-ethyl adjacent to an activating group) is 1. The monoisotopic (exact) mass is 309 g/mol. The molecule has 0 saturated heterocycles. The lowest BCUT2D eigenvalue weighted by atomic mass is 10.1. The first-order valence-corrected chi connectivity index (χ1v) is 8.64. The average Bonchev–Trinajstić information content (AvgIpc) is 2.46. The fourth-order valence-corrected chi connectivity index (χ4v) is 2.65. The number of hydrogen-bond acceptors (Lipinski definition) is 4. The highest BCUT2D eigenvalue weighted by Crippen LogP contribution is 2.19. The Morgan fingerprint density at radius 3 is 2.71 bits per heavy atom. The van der Waals surface area contributed by atoms with Crippen molar-refractivity contribution in [2.24, 2.45) is 0 Å². The number of nitrogens with two attached hydrogens (primary N) is 1. The van der Waals surface area contributed by atoms with Crippen LogP contribution in [0.2, 0.25) is 0 Å². The van der Waals surface area contributed by atoms with Crippen molar-refractivity contribution in [3.05, 3.63) is 23.8 Å². The lowest BCUT2D eigenvalue weighted by Gasteiger charge is -2.30. The smallest absolute Gasteiger partial charge is 0.241 e. The molecule has 21 heavy (non-hydrogen) atoms. The molecule has 0 fully saturated rings. The number of nitrogens with zero attached hydrogens (tertiary/aromatic N) is 1. The molecule has 1 rings (SSSR count). The van der Waals surface area contributed by atoms with Gasteiger partial charge in [0.1, 0.15) is 0 Å². The lowest BCUT2D eigenvalue weighted by molar-refractivity contribution is -0.121. The molecule has 0 saturated carbocycles. The number of benzene rings is 1. The van der Waals surface area contributed by atoms with E-state index in [0.717, 1.165) is 23.4 Å². The maximum atomic E-state index is 12.4. The minimum atomic E-state index is -0.178. The number of amides is 1. The van der Waals surface area contributed by atoms with E-state index in [1.807, 2.05) is 44.8 Å². The number of rotatable bonds is 7. The molecule has 0 aromatic heterocycles. The van der Waals surface area contributed by atoms with Crippen LogP contribution in [-0.4, -0.2) is 41.9 Å². The summed E-state index contributed by atoms with van der Waals surface area (Å²) in [4.78, 5) is 14.5. The normalized spacial score (nSPS) is 14.0. The third kappa shape index (κ3) is 5.25. The summed E-state index contributed by atoms with van der Waals surface area (Å²) in [7, 11) is 2.00. The van der Waals surface area contributed by atoms with E-state index in [1.54, 1.807) is 6.07 Å². The van der Waals surface area contributed by atoms with Crippen LogP contribution >= 0.6 is 11.8 Å². The van der Waals surface area contributed by atoms with Crippen molar-refractivity contribution in [2.45, 2.75) is 39.3 Å². The standard InChI is InChI=1S/C16H27N3OS/c1-11-6-7-14(17)10-15(11)18-16(20)13(3)19(4)12(2)8-9-21-5/h6-7,10,12-13H,8-9,17H2,1-5H3,(H,18,20). The van der Waals surface area contributed by atoms with Crippen molar-refractivity contribution in [1.29, 1.82) is 0 Å². The molecule has 5 heteroatoms. The molecule has 4 nitrogen and oxygen atoms in total. The van der Waals surface area contributed by atoms with Crippen LogP contribution in [0.1, 0.15) is 25.8 Å². The second-order valence-corrected chi connectivity index (χ2v) is 6.52. The van der Waals surface area contributed by atoms with Gasteiger partial charge in [0.25, 0.3) is 0 Å². The summed E-state index contributed by atoms with van der Waals surface area (Å²) >= 11 is 1.83. The van der Waals surface area contributed by atoms with Crippen LogP contribution in [0.15, 0.2) is 18.2 Å². The van der Waals surface area contributed by atoms with Gasteiger partial charge in [-0.2, -0.15) is 11.8 Å². The predicted molar refractivity (Wildman–Crippen MR) is 93.9 cm³/mol. The molecule has 0 heterocycles. The van der Waals surface area contributed by atoms with Gasteiger partial charge in [0.2, 0.25) is 5.91 Å². The third-order valence-electron chi connectivity index (χ3n) is 3.94. The highest BCUT2D eigenvalue weighted by molar-refractivity contribution is 7.98.